The monoisotopic (exact) mass is 270 g/mol. The third kappa shape index (κ3) is 2850. The van der Waals surface area contributed by atoms with Gasteiger partial charge in [0.25, 0.3) is 0 Å². The zero-order valence-electron chi connectivity index (χ0n) is 5.24. The molecule has 0 saturated carbocycles. The summed E-state index contributed by atoms with van der Waals surface area (Å²) in [4.78, 5) is 0. The van der Waals surface area contributed by atoms with E-state index in [0.717, 1.165) is 0 Å². The van der Waals surface area contributed by atoms with Crippen LogP contribution >= 0.6 is 0 Å². The Hall–Kier alpha value is 0.790. The van der Waals surface area contributed by atoms with E-state index in [0.29, 0.717) is 0 Å². The number of hydrogen-bond donors (Lipinski definition) is 4. The van der Waals surface area contributed by atoms with Crippen molar-refractivity contribution in [2.24, 2.45) is 0 Å². The summed E-state index contributed by atoms with van der Waals surface area (Å²) < 4.78 is 63.2. The van der Waals surface area contributed by atoms with E-state index in [1.165, 1.54) is 0 Å². The third-order valence-electron chi connectivity index (χ3n) is 0. The van der Waals surface area contributed by atoms with Gasteiger partial charge in [0, 0.05) is 0 Å². The average Bonchev–Trinajstić information content (AvgIpc) is 1.12. The zero-order chi connectivity index (χ0) is 9.00. The standard InChI is InChI=1S/Al.Li.2H2O4S.2H2O.4H/c;;2*1-5(2,3)4;;;;;;/h;;2*(H2,1,2,3,4);2*1H2;;;;. The Balaban J connectivity index is -0.0000000178. The second-order valence-electron chi connectivity index (χ2n) is 0.896. The first-order valence-corrected chi connectivity index (χ1v) is 4.19. The van der Waals surface area contributed by atoms with Gasteiger partial charge in [-0.25, -0.2) is 0 Å². The predicted molar refractivity (Wildman–Crippen MR) is 52.7 cm³/mol. The fourth-order valence-electron chi connectivity index (χ4n) is 0. The van der Waals surface area contributed by atoms with E-state index in [4.69, 9.17) is 35.0 Å². The molecule has 0 aromatic carbocycles. The van der Waals surface area contributed by atoms with E-state index in [1.807, 2.05) is 0 Å². The molecule has 0 aliphatic heterocycles. The SMILES string of the molecule is O.O.O=S(=O)(O)O.O=S(=O)(O)O.[AlH3].[LiH]. The summed E-state index contributed by atoms with van der Waals surface area (Å²) in [6, 6.07) is 0. The summed E-state index contributed by atoms with van der Waals surface area (Å²) in [5.74, 6) is 0. The van der Waals surface area contributed by atoms with E-state index >= 15 is 0 Å². The molecule has 0 fully saturated rings. The van der Waals surface area contributed by atoms with Crippen LogP contribution in [0.1, 0.15) is 0 Å². The third-order valence-corrected chi connectivity index (χ3v) is 0. The van der Waals surface area contributed by atoms with Crippen molar-refractivity contribution in [2.45, 2.75) is 0 Å². The Kier molecular flexibility index (Phi) is 35.9. The Bertz CT molecular complexity index is 214. The fourth-order valence-corrected chi connectivity index (χ4v) is 0. The van der Waals surface area contributed by atoms with Gasteiger partial charge in [0.1, 0.15) is 0 Å². The van der Waals surface area contributed by atoms with Gasteiger partial charge >= 0.3 is 39.7 Å². The van der Waals surface area contributed by atoms with Gasteiger partial charge in [-0.05, 0) is 0 Å². The summed E-state index contributed by atoms with van der Waals surface area (Å²) in [5, 5.41) is 0. The van der Waals surface area contributed by atoms with Gasteiger partial charge in [-0.15, -0.1) is 0 Å². The van der Waals surface area contributed by atoms with Gasteiger partial charge < -0.3 is 11.0 Å². The zero-order valence-corrected chi connectivity index (χ0v) is 6.87. The molecule has 14 heavy (non-hydrogen) atoms. The second-order valence-corrected chi connectivity index (χ2v) is 2.69. The molecule has 0 atom stereocenters. The van der Waals surface area contributed by atoms with Gasteiger partial charge in [-0.1, -0.05) is 0 Å². The molecule has 0 aliphatic carbocycles. The average molecular weight is 270 g/mol. The van der Waals surface area contributed by atoms with Crippen molar-refractivity contribution in [3.05, 3.63) is 0 Å². The van der Waals surface area contributed by atoms with Crippen LogP contribution in [0.2, 0.25) is 0 Å². The van der Waals surface area contributed by atoms with E-state index in [-0.39, 0.29) is 47.2 Å². The predicted octanol–water partition coefficient (Wildman–Crippen LogP) is -4.79. The van der Waals surface area contributed by atoms with Gasteiger partial charge in [0.05, 0.1) is 0 Å². The fraction of sp³-hybridized carbons (Fsp3) is 0. The second kappa shape index (κ2) is 13.8. The first-order chi connectivity index (χ1) is 4.00. The normalized spacial score (nSPS) is 8.29. The first kappa shape index (κ1) is 36.4. The number of hydrogen-bond acceptors (Lipinski definition) is 4. The Morgan fingerprint density at radius 1 is 0.643 bits per heavy atom. The first-order valence-electron chi connectivity index (χ1n) is 1.40. The molecule has 0 unspecified atom stereocenters. The van der Waals surface area contributed by atoms with Crippen molar-refractivity contribution in [1.82, 2.24) is 0 Å². The van der Waals surface area contributed by atoms with Crippen molar-refractivity contribution in [1.29, 1.82) is 0 Å². The summed E-state index contributed by atoms with van der Waals surface area (Å²) in [6.45, 7) is 0. The van der Waals surface area contributed by atoms with Crippen LogP contribution in [0.15, 0.2) is 0 Å². The molecule has 88 valence electrons. The molecule has 0 aromatic heterocycles. The Labute approximate surface area is 103 Å². The molecule has 0 aliphatic rings. The van der Waals surface area contributed by atoms with Crippen molar-refractivity contribution < 1.29 is 46.0 Å². The van der Waals surface area contributed by atoms with Crippen LogP contribution in [-0.2, 0) is 20.8 Å². The van der Waals surface area contributed by atoms with Crippen LogP contribution in [-0.4, -0.2) is 82.2 Å². The number of rotatable bonds is 0. The van der Waals surface area contributed by atoms with Crippen molar-refractivity contribution in [3.8, 4) is 0 Å². The Morgan fingerprint density at radius 3 is 0.643 bits per heavy atom. The molecule has 0 radical (unpaired) electrons. The molecule has 10 nitrogen and oxygen atoms in total. The molecule has 0 spiro atoms. The molecular weight excluding hydrogens is 258 g/mol. The van der Waals surface area contributed by atoms with E-state index in [2.05, 4.69) is 0 Å². The van der Waals surface area contributed by atoms with E-state index in [9.17, 15) is 0 Å². The quantitative estimate of drug-likeness (QED) is 0.247. The molecular formula is H12AlLiO10S2. The molecule has 8 N–H and O–H groups in total. The molecule has 0 saturated heterocycles. The molecule has 0 rings (SSSR count). The van der Waals surface area contributed by atoms with Crippen LogP contribution in [0.3, 0.4) is 0 Å². The van der Waals surface area contributed by atoms with E-state index in [1.54, 1.807) is 0 Å². The Morgan fingerprint density at radius 2 is 0.643 bits per heavy atom. The van der Waals surface area contributed by atoms with E-state index < -0.39 is 20.8 Å². The van der Waals surface area contributed by atoms with Gasteiger partial charge in [0.2, 0.25) is 0 Å². The molecule has 0 heterocycles. The molecule has 0 bridgehead atoms. The van der Waals surface area contributed by atoms with Crippen molar-refractivity contribution in [3.63, 3.8) is 0 Å². The maximum absolute atomic E-state index is 8.74. The maximum atomic E-state index is 8.74. The van der Waals surface area contributed by atoms with Crippen molar-refractivity contribution >= 4 is 57.0 Å². The summed E-state index contributed by atoms with van der Waals surface area (Å²) in [5.41, 5.74) is 0. The summed E-state index contributed by atoms with van der Waals surface area (Å²) >= 11 is 0. The van der Waals surface area contributed by atoms with Crippen LogP contribution in [0.4, 0.5) is 0 Å². The van der Waals surface area contributed by atoms with Crippen LogP contribution in [0, 0.1) is 0 Å². The van der Waals surface area contributed by atoms with Gasteiger partial charge in [-0.2, -0.15) is 16.8 Å². The van der Waals surface area contributed by atoms with Gasteiger partial charge in [-0.3, -0.25) is 18.2 Å². The summed E-state index contributed by atoms with van der Waals surface area (Å²) in [6.07, 6.45) is 0. The molecule has 14 heteroatoms. The van der Waals surface area contributed by atoms with Crippen LogP contribution < -0.4 is 0 Å². The topological polar surface area (TPSA) is 212 Å². The van der Waals surface area contributed by atoms with Gasteiger partial charge in [0.15, 0.2) is 17.4 Å². The van der Waals surface area contributed by atoms with Crippen LogP contribution in [0.25, 0.3) is 0 Å². The van der Waals surface area contributed by atoms with Crippen LogP contribution in [0.5, 0.6) is 0 Å². The summed E-state index contributed by atoms with van der Waals surface area (Å²) in [7, 11) is -9.33. The minimum absolute atomic E-state index is 0. The van der Waals surface area contributed by atoms with Crippen molar-refractivity contribution in [2.75, 3.05) is 0 Å². The molecule has 0 aromatic rings. The minimum atomic E-state index is -4.67. The molecule has 0 amide bonds.